The summed E-state index contributed by atoms with van der Waals surface area (Å²) >= 11 is 0. The Morgan fingerprint density at radius 1 is 1.26 bits per heavy atom. The Labute approximate surface area is 133 Å². The van der Waals surface area contributed by atoms with Crippen LogP contribution in [0.3, 0.4) is 0 Å². The van der Waals surface area contributed by atoms with Crippen LogP contribution in [0.5, 0.6) is 0 Å². The summed E-state index contributed by atoms with van der Waals surface area (Å²) in [6.07, 6.45) is 5.64. The van der Waals surface area contributed by atoms with Crippen LogP contribution in [0, 0.1) is 5.82 Å². The van der Waals surface area contributed by atoms with Crippen LogP contribution in [-0.2, 0) is 11.3 Å². The van der Waals surface area contributed by atoms with Crippen molar-refractivity contribution in [2.75, 3.05) is 0 Å². The highest BCUT2D eigenvalue weighted by molar-refractivity contribution is 5.76. The normalized spacial score (nSPS) is 14.8. The van der Waals surface area contributed by atoms with Crippen molar-refractivity contribution in [3.8, 4) is 11.3 Å². The Bertz CT molecular complexity index is 749. The molecule has 0 saturated heterocycles. The van der Waals surface area contributed by atoms with Crippen LogP contribution in [0.25, 0.3) is 11.3 Å². The molecule has 1 aromatic carbocycles. The predicted molar refractivity (Wildman–Crippen MR) is 84.3 cm³/mol. The van der Waals surface area contributed by atoms with Crippen molar-refractivity contribution in [1.82, 2.24) is 14.9 Å². The van der Waals surface area contributed by atoms with Gasteiger partial charge in [-0.3, -0.25) is 14.2 Å². The van der Waals surface area contributed by atoms with Gasteiger partial charge < -0.3 is 5.32 Å². The van der Waals surface area contributed by atoms with Gasteiger partial charge in [-0.1, -0.05) is 12.8 Å². The monoisotopic (exact) mass is 315 g/mol. The van der Waals surface area contributed by atoms with Crippen molar-refractivity contribution in [1.29, 1.82) is 0 Å². The summed E-state index contributed by atoms with van der Waals surface area (Å²) in [6.45, 7) is -0.0357. The van der Waals surface area contributed by atoms with E-state index >= 15 is 0 Å². The maximum absolute atomic E-state index is 12.9. The molecular weight excluding hydrogens is 297 g/mol. The average molecular weight is 315 g/mol. The van der Waals surface area contributed by atoms with Crippen molar-refractivity contribution in [3.05, 3.63) is 52.8 Å². The summed E-state index contributed by atoms with van der Waals surface area (Å²) in [7, 11) is 0. The lowest BCUT2D eigenvalue weighted by Gasteiger charge is -2.12. The number of rotatable bonds is 4. The zero-order valence-corrected chi connectivity index (χ0v) is 12.7. The fraction of sp³-hybridized carbons (Fsp3) is 0.353. The van der Waals surface area contributed by atoms with E-state index in [0.29, 0.717) is 11.3 Å². The minimum absolute atomic E-state index is 0.0357. The Balaban J connectivity index is 1.70. The van der Waals surface area contributed by atoms with E-state index in [-0.39, 0.29) is 29.9 Å². The Hall–Kier alpha value is -2.50. The Morgan fingerprint density at radius 2 is 1.96 bits per heavy atom. The fourth-order valence-corrected chi connectivity index (χ4v) is 2.82. The van der Waals surface area contributed by atoms with Crippen molar-refractivity contribution in [3.63, 3.8) is 0 Å². The van der Waals surface area contributed by atoms with Crippen molar-refractivity contribution >= 4 is 5.91 Å². The van der Waals surface area contributed by atoms with E-state index < -0.39 is 0 Å². The van der Waals surface area contributed by atoms with Gasteiger partial charge in [0.1, 0.15) is 12.4 Å². The summed E-state index contributed by atoms with van der Waals surface area (Å²) in [5.74, 6) is -0.513. The zero-order valence-electron chi connectivity index (χ0n) is 12.7. The average Bonchev–Trinajstić information content (AvgIpc) is 3.03. The third-order valence-corrected chi connectivity index (χ3v) is 4.05. The Morgan fingerprint density at radius 3 is 2.61 bits per heavy atom. The molecule has 0 spiro atoms. The van der Waals surface area contributed by atoms with Gasteiger partial charge >= 0.3 is 0 Å². The third-order valence-electron chi connectivity index (χ3n) is 4.05. The number of carbonyl (C=O) groups is 1. The molecule has 1 N–H and O–H groups in total. The molecule has 1 amide bonds. The van der Waals surface area contributed by atoms with E-state index in [1.54, 1.807) is 12.1 Å². The molecule has 1 aliphatic rings. The van der Waals surface area contributed by atoms with E-state index in [9.17, 15) is 14.0 Å². The largest absolute Gasteiger partial charge is 0.352 e. The van der Waals surface area contributed by atoms with E-state index in [2.05, 4.69) is 10.3 Å². The molecule has 0 bridgehead atoms. The van der Waals surface area contributed by atoms with E-state index in [1.807, 2.05) is 0 Å². The molecule has 0 aliphatic heterocycles. The summed E-state index contributed by atoms with van der Waals surface area (Å²) in [6, 6.07) is 7.35. The quantitative estimate of drug-likeness (QED) is 0.940. The van der Waals surface area contributed by atoms with Crippen molar-refractivity contribution in [2.24, 2.45) is 0 Å². The number of benzene rings is 1. The van der Waals surface area contributed by atoms with Gasteiger partial charge in [0.05, 0.1) is 12.0 Å². The summed E-state index contributed by atoms with van der Waals surface area (Å²) < 4.78 is 14.2. The molecule has 1 heterocycles. The topological polar surface area (TPSA) is 64.0 Å². The van der Waals surface area contributed by atoms with Gasteiger partial charge in [0.25, 0.3) is 5.56 Å². The van der Waals surface area contributed by atoms with Crippen LogP contribution in [-0.4, -0.2) is 21.5 Å². The van der Waals surface area contributed by atoms with E-state index in [0.717, 1.165) is 25.7 Å². The maximum atomic E-state index is 12.9. The van der Waals surface area contributed by atoms with Gasteiger partial charge in [-0.2, -0.15) is 0 Å². The van der Waals surface area contributed by atoms with E-state index in [4.69, 9.17) is 0 Å². The number of nitrogens with one attached hydrogen (secondary N) is 1. The van der Waals surface area contributed by atoms with Gasteiger partial charge in [-0.25, -0.2) is 9.37 Å². The first-order valence-electron chi connectivity index (χ1n) is 7.73. The minimum Gasteiger partial charge on any atom is -0.352 e. The fourth-order valence-electron chi connectivity index (χ4n) is 2.82. The Kier molecular flexibility index (Phi) is 4.50. The number of halogens is 1. The summed E-state index contributed by atoms with van der Waals surface area (Å²) in [4.78, 5) is 28.3. The molecule has 1 aliphatic carbocycles. The maximum Gasteiger partial charge on any atom is 0.254 e. The molecule has 6 heteroatoms. The molecule has 2 aromatic rings. The SMILES string of the molecule is O=C(Cn1cnc(-c2ccc(F)cc2)cc1=O)NC1CCCC1. The van der Waals surface area contributed by atoms with Crippen LogP contribution < -0.4 is 10.9 Å². The molecule has 120 valence electrons. The summed E-state index contributed by atoms with van der Waals surface area (Å²) in [5.41, 5.74) is 0.814. The van der Waals surface area contributed by atoms with Gasteiger partial charge in [0.15, 0.2) is 0 Å². The number of hydrogen-bond acceptors (Lipinski definition) is 3. The number of nitrogens with zero attached hydrogens (tertiary/aromatic N) is 2. The minimum atomic E-state index is -0.342. The second-order valence-corrected chi connectivity index (χ2v) is 5.80. The smallest absolute Gasteiger partial charge is 0.254 e. The highest BCUT2D eigenvalue weighted by Gasteiger charge is 2.17. The third kappa shape index (κ3) is 3.83. The van der Waals surface area contributed by atoms with Crippen LogP contribution in [0.2, 0.25) is 0 Å². The molecule has 1 fully saturated rings. The summed E-state index contributed by atoms with van der Waals surface area (Å²) in [5, 5.41) is 2.94. The van der Waals surface area contributed by atoms with Crippen LogP contribution in [0.4, 0.5) is 4.39 Å². The molecule has 3 rings (SSSR count). The highest BCUT2D eigenvalue weighted by Crippen LogP contribution is 2.17. The first-order valence-corrected chi connectivity index (χ1v) is 7.73. The second kappa shape index (κ2) is 6.73. The predicted octanol–water partition coefficient (Wildman–Crippen LogP) is 2.11. The standard InChI is InChI=1S/C17H18FN3O2/c18-13-7-5-12(6-8-13)15-9-17(23)21(11-19-15)10-16(22)20-14-3-1-2-4-14/h5-9,11,14H,1-4,10H2,(H,20,22). The van der Waals surface area contributed by atoms with Crippen LogP contribution in [0.1, 0.15) is 25.7 Å². The van der Waals surface area contributed by atoms with Gasteiger partial charge in [0.2, 0.25) is 5.91 Å². The molecule has 5 nitrogen and oxygen atoms in total. The zero-order chi connectivity index (χ0) is 16.2. The lowest BCUT2D eigenvalue weighted by atomic mass is 10.1. The molecule has 0 atom stereocenters. The van der Waals surface area contributed by atoms with Crippen molar-refractivity contribution < 1.29 is 9.18 Å². The number of carbonyl (C=O) groups excluding carboxylic acids is 1. The van der Waals surface area contributed by atoms with Gasteiger partial charge in [0, 0.05) is 17.7 Å². The number of aromatic nitrogens is 2. The van der Waals surface area contributed by atoms with Gasteiger partial charge in [-0.05, 0) is 37.1 Å². The lowest BCUT2D eigenvalue weighted by molar-refractivity contribution is -0.122. The van der Waals surface area contributed by atoms with Crippen LogP contribution >= 0.6 is 0 Å². The number of amides is 1. The lowest BCUT2D eigenvalue weighted by Crippen LogP contribution is -2.37. The highest BCUT2D eigenvalue weighted by atomic mass is 19.1. The molecular formula is C17H18FN3O2. The molecule has 1 saturated carbocycles. The molecule has 0 radical (unpaired) electrons. The number of hydrogen-bond donors (Lipinski definition) is 1. The van der Waals surface area contributed by atoms with Crippen LogP contribution in [0.15, 0.2) is 41.5 Å². The molecule has 1 aromatic heterocycles. The van der Waals surface area contributed by atoms with E-state index in [1.165, 1.54) is 29.1 Å². The van der Waals surface area contributed by atoms with Crippen molar-refractivity contribution in [2.45, 2.75) is 38.3 Å². The molecule has 0 unspecified atom stereocenters. The first kappa shape index (κ1) is 15.4. The molecule has 23 heavy (non-hydrogen) atoms. The first-order chi connectivity index (χ1) is 11.1. The van der Waals surface area contributed by atoms with Gasteiger partial charge in [-0.15, -0.1) is 0 Å². The second-order valence-electron chi connectivity index (χ2n) is 5.80.